The minimum atomic E-state index is -3.33. The average molecular weight is 299 g/mol. The molecule has 0 unspecified atom stereocenters. The number of carboxylic acid groups (broad SMARTS) is 1. The van der Waals surface area contributed by atoms with E-state index < -0.39 is 21.4 Å². The highest BCUT2D eigenvalue weighted by Crippen LogP contribution is 2.25. The number of carbonyl (C=O) groups is 1. The molecule has 0 aliphatic heterocycles. The molecule has 0 spiro atoms. The van der Waals surface area contributed by atoms with Crippen LogP contribution in [0.25, 0.3) is 0 Å². The Labute approximate surface area is 120 Å². The van der Waals surface area contributed by atoms with Crippen LogP contribution >= 0.6 is 0 Å². The van der Waals surface area contributed by atoms with Crippen LogP contribution in [0.4, 0.5) is 5.69 Å². The third-order valence-corrected chi connectivity index (χ3v) is 4.55. The maximum atomic E-state index is 11.7. The van der Waals surface area contributed by atoms with Gasteiger partial charge in [0.1, 0.15) is 0 Å². The number of aliphatic carboxylic acids is 1. The van der Waals surface area contributed by atoms with Crippen LogP contribution in [-0.4, -0.2) is 25.2 Å². The van der Waals surface area contributed by atoms with Crippen molar-refractivity contribution in [2.45, 2.75) is 39.0 Å². The maximum absolute atomic E-state index is 11.7. The molecule has 0 atom stereocenters. The predicted molar refractivity (Wildman–Crippen MR) is 79.4 cm³/mol. The van der Waals surface area contributed by atoms with Gasteiger partial charge in [0.2, 0.25) is 10.0 Å². The molecule has 1 aromatic carbocycles. The lowest BCUT2D eigenvalue weighted by molar-refractivity contribution is -0.142. The number of rotatable bonds is 7. The van der Waals surface area contributed by atoms with E-state index >= 15 is 0 Å². The summed E-state index contributed by atoms with van der Waals surface area (Å²) in [7, 11) is -3.33. The van der Waals surface area contributed by atoms with Gasteiger partial charge in [0.25, 0.3) is 0 Å². The van der Waals surface area contributed by atoms with Crippen LogP contribution in [-0.2, 0) is 20.2 Å². The fraction of sp³-hybridized carbons (Fsp3) is 0.500. The van der Waals surface area contributed by atoms with E-state index in [1.165, 1.54) is 0 Å². The highest BCUT2D eigenvalue weighted by molar-refractivity contribution is 7.92. The lowest BCUT2D eigenvalue weighted by Gasteiger charge is -2.20. The van der Waals surface area contributed by atoms with Gasteiger partial charge in [0, 0.05) is 5.69 Å². The number of hydrogen-bond acceptors (Lipinski definition) is 3. The number of nitrogens with one attached hydrogen (secondary N) is 1. The Hall–Kier alpha value is -1.56. The minimum Gasteiger partial charge on any atom is -0.481 e. The predicted octanol–water partition coefficient (Wildman–Crippen LogP) is 2.59. The summed E-state index contributed by atoms with van der Waals surface area (Å²) < 4.78 is 26.0. The van der Waals surface area contributed by atoms with Gasteiger partial charge in [-0.3, -0.25) is 9.52 Å². The molecule has 6 heteroatoms. The summed E-state index contributed by atoms with van der Waals surface area (Å²) in [5.41, 5.74) is 0.0761. The van der Waals surface area contributed by atoms with E-state index in [-0.39, 0.29) is 5.75 Å². The van der Waals surface area contributed by atoms with Gasteiger partial charge >= 0.3 is 5.97 Å². The van der Waals surface area contributed by atoms with Crippen molar-refractivity contribution in [2.24, 2.45) is 0 Å². The third kappa shape index (κ3) is 4.23. The first-order valence-electron chi connectivity index (χ1n) is 6.53. The number of anilines is 1. The highest BCUT2D eigenvalue weighted by atomic mass is 32.2. The van der Waals surface area contributed by atoms with Gasteiger partial charge in [-0.05, 0) is 38.0 Å². The topological polar surface area (TPSA) is 83.5 Å². The quantitative estimate of drug-likeness (QED) is 0.810. The van der Waals surface area contributed by atoms with Crippen molar-refractivity contribution in [3.05, 3.63) is 29.8 Å². The molecule has 0 fully saturated rings. The number of benzene rings is 1. The first-order valence-corrected chi connectivity index (χ1v) is 8.18. The highest BCUT2D eigenvalue weighted by Gasteiger charge is 2.29. The largest absolute Gasteiger partial charge is 0.481 e. The second-order valence-electron chi connectivity index (χ2n) is 5.28. The van der Waals surface area contributed by atoms with Gasteiger partial charge in [-0.1, -0.05) is 25.5 Å². The molecule has 0 aliphatic carbocycles. The lowest BCUT2D eigenvalue weighted by atomic mass is 9.85. The Kier molecular flexibility index (Phi) is 5.16. The Morgan fingerprint density at radius 1 is 1.25 bits per heavy atom. The number of carboxylic acids is 1. The number of hydrogen-bond donors (Lipinski definition) is 2. The van der Waals surface area contributed by atoms with Gasteiger partial charge in [-0.15, -0.1) is 0 Å². The van der Waals surface area contributed by atoms with Crippen molar-refractivity contribution in [1.29, 1.82) is 0 Å². The second kappa shape index (κ2) is 6.26. The van der Waals surface area contributed by atoms with Crippen LogP contribution in [0.1, 0.15) is 39.2 Å². The Morgan fingerprint density at radius 2 is 1.80 bits per heavy atom. The first kappa shape index (κ1) is 16.5. The molecule has 0 radical (unpaired) electrons. The van der Waals surface area contributed by atoms with Gasteiger partial charge in [-0.25, -0.2) is 8.42 Å². The van der Waals surface area contributed by atoms with E-state index in [1.54, 1.807) is 38.1 Å². The van der Waals surface area contributed by atoms with Crippen molar-refractivity contribution in [1.82, 2.24) is 0 Å². The summed E-state index contributed by atoms with van der Waals surface area (Å²) in [5, 5.41) is 9.14. The molecule has 0 saturated carbocycles. The summed E-state index contributed by atoms with van der Waals surface area (Å²) in [6, 6.07) is 6.44. The third-order valence-electron chi connectivity index (χ3n) is 3.18. The maximum Gasteiger partial charge on any atom is 0.313 e. The smallest absolute Gasteiger partial charge is 0.313 e. The second-order valence-corrected chi connectivity index (χ2v) is 7.12. The molecular weight excluding hydrogens is 278 g/mol. The lowest BCUT2D eigenvalue weighted by Crippen LogP contribution is -2.28. The van der Waals surface area contributed by atoms with E-state index in [0.717, 1.165) is 6.42 Å². The van der Waals surface area contributed by atoms with Crippen LogP contribution in [0, 0.1) is 0 Å². The minimum absolute atomic E-state index is 0.0892. The summed E-state index contributed by atoms with van der Waals surface area (Å²) in [6.07, 6.45) is 1.42. The van der Waals surface area contributed by atoms with Crippen LogP contribution < -0.4 is 4.72 Å². The molecule has 0 amide bonds. The normalized spacial score (nSPS) is 12.2. The van der Waals surface area contributed by atoms with Crippen molar-refractivity contribution >= 4 is 21.7 Å². The molecular formula is C14H21NO4S. The molecule has 0 aromatic heterocycles. The van der Waals surface area contributed by atoms with E-state index in [9.17, 15) is 13.2 Å². The van der Waals surface area contributed by atoms with Crippen molar-refractivity contribution < 1.29 is 18.3 Å². The fourth-order valence-electron chi connectivity index (χ4n) is 1.64. The van der Waals surface area contributed by atoms with Crippen molar-refractivity contribution in [3.8, 4) is 0 Å². The van der Waals surface area contributed by atoms with Gasteiger partial charge < -0.3 is 5.11 Å². The molecule has 1 rings (SSSR count). The molecule has 2 N–H and O–H groups in total. The molecule has 0 heterocycles. The zero-order chi connectivity index (χ0) is 15.4. The van der Waals surface area contributed by atoms with Gasteiger partial charge in [0.05, 0.1) is 11.2 Å². The first-order chi connectivity index (χ1) is 9.19. The molecule has 0 bridgehead atoms. The summed E-state index contributed by atoms with van der Waals surface area (Å²) >= 11 is 0. The molecule has 20 heavy (non-hydrogen) atoms. The monoisotopic (exact) mass is 299 g/mol. The number of sulfonamides is 1. The molecule has 112 valence electrons. The van der Waals surface area contributed by atoms with Gasteiger partial charge in [0.15, 0.2) is 0 Å². The molecule has 1 aromatic rings. The van der Waals surface area contributed by atoms with E-state index in [0.29, 0.717) is 17.7 Å². The molecule has 0 saturated heterocycles. The van der Waals surface area contributed by atoms with Gasteiger partial charge in [-0.2, -0.15) is 0 Å². The Morgan fingerprint density at radius 3 is 2.25 bits per heavy atom. The fourth-order valence-corrected chi connectivity index (χ4v) is 2.91. The Balaban J connectivity index is 2.85. The summed E-state index contributed by atoms with van der Waals surface area (Å²) in [4.78, 5) is 11.1. The van der Waals surface area contributed by atoms with Crippen LogP contribution in [0.15, 0.2) is 24.3 Å². The van der Waals surface area contributed by atoms with E-state index in [2.05, 4.69) is 4.72 Å². The van der Waals surface area contributed by atoms with E-state index in [4.69, 9.17) is 5.11 Å². The van der Waals surface area contributed by atoms with Crippen molar-refractivity contribution in [2.75, 3.05) is 10.5 Å². The van der Waals surface area contributed by atoms with Crippen LogP contribution in [0.5, 0.6) is 0 Å². The van der Waals surface area contributed by atoms with Crippen molar-refractivity contribution in [3.63, 3.8) is 0 Å². The molecule has 0 aliphatic rings. The van der Waals surface area contributed by atoms with E-state index in [1.807, 2.05) is 6.92 Å². The summed E-state index contributed by atoms with van der Waals surface area (Å²) in [5.74, 6) is -0.833. The number of unbranched alkanes of at least 4 members (excludes halogenated alkanes) is 1. The zero-order valence-electron chi connectivity index (χ0n) is 12.0. The Bertz CT molecular complexity index is 561. The summed E-state index contributed by atoms with van der Waals surface area (Å²) in [6.45, 7) is 5.14. The van der Waals surface area contributed by atoms with Crippen LogP contribution in [0.2, 0.25) is 0 Å². The van der Waals surface area contributed by atoms with Crippen LogP contribution in [0.3, 0.4) is 0 Å². The average Bonchev–Trinajstić information content (AvgIpc) is 2.36. The standard InChI is InChI=1S/C14H21NO4S/c1-4-5-10-20(18,19)15-12-8-6-11(7-9-12)14(2,3)13(16)17/h6-9,15H,4-5,10H2,1-3H3,(H,16,17). The molecule has 5 nitrogen and oxygen atoms in total. The zero-order valence-corrected chi connectivity index (χ0v) is 12.8. The SMILES string of the molecule is CCCCS(=O)(=O)Nc1ccc(C(C)(C)C(=O)O)cc1.